The van der Waals surface area contributed by atoms with Gasteiger partial charge < -0.3 is 20.1 Å². The zero-order valence-corrected chi connectivity index (χ0v) is 18.7. The topological polar surface area (TPSA) is 83.4 Å². The largest absolute Gasteiger partial charge is 0.508 e. The molecular weight excluding hydrogens is 421 g/mol. The summed E-state index contributed by atoms with van der Waals surface area (Å²) in [7, 11) is 1.48. The number of anilines is 1. The van der Waals surface area contributed by atoms with E-state index in [-0.39, 0.29) is 23.0 Å². The zero-order valence-electron chi connectivity index (χ0n) is 18.7. The van der Waals surface area contributed by atoms with Crippen LogP contribution >= 0.6 is 0 Å². The Balaban J connectivity index is 1.76. The quantitative estimate of drug-likeness (QED) is 0.488. The highest BCUT2D eigenvalue weighted by atomic mass is 19.1. The molecule has 0 saturated carbocycles. The monoisotopic (exact) mass is 447 g/mol. The van der Waals surface area contributed by atoms with Crippen LogP contribution in [-0.4, -0.2) is 53.3 Å². The van der Waals surface area contributed by atoms with Gasteiger partial charge in [-0.2, -0.15) is 9.97 Å². The highest BCUT2D eigenvalue weighted by molar-refractivity contribution is 6.01. The number of pyridine rings is 1. The summed E-state index contributed by atoms with van der Waals surface area (Å²) in [5.41, 5.74) is 1.90. The van der Waals surface area contributed by atoms with Crippen LogP contribution in [0.4, 0.5) is 10.2 Å². The molecule has 1 saturated heterocycles. The summed E-state index contributed by atoms with van der Waals surface area (Å²) in [5.74, 6) is 0.124. The molecule has 2 N–H and O–H groups in total. The van der Waals surface area contributed by atoms with Crippen molar-refractivity contribution in [1.29, 1.82) is 0 Å². The molecule has 0 unspecified atom stereocenters. The molecule has 0 radical (unpaired) electrons. The van der Waals surface area contributed by atoms with E-state index in [1.54, 1.807) is 18.3 Å². The Labute approximate surface area is 191 Å². The number of halogens is 1. The van der Waals surface area contributed by atoms with Gasteiger partial charge in [0.1, 0.15) is 22.8 Å². The number of phenolic OH excluding ortho intramolecular Hbond substituents is 1. The van der Waals surface area contributed by atoms with Crippen molar-refractivity contribution in [1.82, 2.24) is 20.3 Å². The van der Waals surface area contributed by atoms with E-state index in [2.05, 4.69) is 32.1 Å². The van der Waals surface area contributed by atoms with Gasteiger partial charge in [0.25, 0.3) is 0 Å². The summed E-state index contributed by atoms with van der Waals surface area (Å²) in [6.45, 7) is 5.34. The van der Waals surface area contributed by atoms with Gasteiger partial charge in [0.05, 0.1) is 12.5 Å². The molecule has 33 heavy (non-hydrogen) atoms. The van der Waals surface area contributed by atoms with Gasteiger partial charge in [0, 0.05) is 31.4 Å². The van der Waals surface area contributed by atoms with E-state index < -0.39 is 5.82 Å². The number of aryl methyl sites for hydroxylation is 1. The van der Waals surface area contributed by atoms with Crippen LogP contribution in [-0.2, 0) is 6.42 Å². The van der Waals surface area contributed by atoms with Gasteiger partial charge >= 0.3 is 6.01 Å². The van der Waals surface area contributed by atoms with E-state index in [9.17, 15) is 5.11 Å². The van der Waals surface area contributed by atoms with Crippen LogP contribution in [0.15, 0.2) is 36.5 Å². The molecular formula is C25H26FN5O2. The number of phenols is 1. The molecule has 8 heteroatoms. The molecule has 0 aliphatic carbocycles. The lowest BCUT2D eigenvalue weighted by Gasteiger charge is -2.23. The number of methoxy groups -OCH3 is 1. The smallest absolute Gasteiger partial charge is 0.318 e. The maximum absolute atomic E-state index is 16.1. The summed E-state index contributed by atoms with van der Waals surface area (Å²) < 4.78 is 21.4. The van der Waals surface area contributed by atoms with E-state index >= 15 is 4.39 Å². The average molecular weight is 448 g/mol. The van der Waals surface area contributed by atoms with E-state index in [1.807, 2.05) is 18.2 Å². The van der Waals surface area contributed by atoms with Gasteiger partial charge in [-0.3, -0.25) is 4.98 Å². The molecule has 170 valence electrons. The first-order chi connectivity index (χ1) is 16.1. The average Bonchev–Trinajstić information content (AvgIpc) is 3.12. The van der Waals surface area contributed by atoms with Crippen molar-refractivity contribution in [2.75, 3.05) is 38.2 Å². The summed E-state index contributed by atoms with van der Waals surface area (Å²) in [6, 6.07) is 9.23. The van der Waals surface area contributed by atoms with Crippen molar-refractivity contribution in [2.45, 2.75) is 19.8 Å². The SMILES string of the molecule is CCc1cccc2cc(O)cc(-c3ncc4c(N5CCCNCC5)nc(OC)nc4c3F)c12. The second kappa shape index (κ2) is 8.78. The fourth-order valence-electron chi connectivity index (χ4n) is 4.57. The highest BCUT2D eigenvalue weighted by Crippen LogP contribution is 2.38. The molecule has 3 heterocycles. The number of fused-ring (bicyclic) bond motifs is 2. The molecule has 1 aliphatic rings. The van der Waals surface area contributed by atoms with Crippen LogP contribution < -0.4 is 15.0 Å². The van der Waals surface area contributed by atoms with Crippen molar-refractivity contribution in [3.8, 4) is 23.0 Å². The fourth-order valence-corrected chi connectivity index (χ4v) is 4.57. The molecule has 7 nitrogen and oxygen atoms in total. The Morgan fingerprint density at radius 1 is 1.18 bits per heavy atom. The first kappa shape index (κ1) is 21.3. The molecule has 5 rings (SSSR count). The summed E-state index contributed by atoms with van der Waals surface area (Å²) in [6.07, 6.45) is 3.36. The number of hydrogen-bond acceptors (Lipinski definition) is 7. The van der Waals surface area contributed by atoms with Gasteiger partial charge in [0.15, 0.2) is 5.82 Å². The molecule has 4 aromatic rings. The molecule has 2 aromatic heterocycles. The Bertz CT molecular complexity index is 1340. The summed E-state index contributed by atoms with van der Waals surface area (Å²) in [5, 5.41) is 16.0. The first-order valence-corrected chi connectivity index (χ1v) is 11.2. The predicted octanol–water partition coefficient (Wildman–Crippen LogP) is 4.06. The van der Waals surface area contributed by atoms with E-state index in [0.29, 0.717) is 16.8 Å². The minimum absolute atomic E-state index is 0.0603. The third kappa shape index (κ3) is 3.80. The van der Waals surface area contributed by atoms with Crippen molar-refractivity contribution in [3.05, 3.63) is 47.9 Å². The number of ether oxygens (including phenoxy) is 1. The Morgan fingerprint density at radius 2 is 2.06 bits per heavy atom. The standard InChI is InChI=1S/C25H26FN5O2/c1-3-15-6-4-7-16-12-17(32)13-18(20(15)16)22-21(26)23-19(14-28-22)24(30-25(29-23)33-2)31-10-5-8-27-9-11-31/h4,6-7,12-14,27,32H,3,5,8-11H2,1-2H3. The van der Waals surface area contributed by atoms with Crippen molar-refractivity contribution in [2.24, 2.45) is 0 Å². The third-order valence-corrected chi connectivity index (χ3v) is 6.15. The minimum Gasteiger partial charge on any atom is -0.508 e. The van der Waals surface area contributed by atoms with Crippen LogP contribution in [0.1, 0.15) is 18.9 Å². The second-order valence-corrected chi connectivity index (χ2v) is 8.17. The van der Waals surface area contributed by atoms with Crippen LogP contribution in [0.2, 0.25) is 0 Å². The Hall–Kier alpha value is -3.52. The molecule has 0 bridgehead atoms. The normalized spacial score (nSPS) is 14.6. The number of nitrogens with zero attached hydrogens (tertiary/aromatic N) is 4. The lowest BCUT2D eigenvalue weighted by molar-refractivity contribution is 0.381. The van der Waals surface area contributed by atoms with Crippen LogP contribution in [0.5, 0.6) is 11.8 Å². The predicted molar refractivity (Wildman–Crippen MR) is 128 cm³/mol. The van der Waals surface area contributed by atoms with E-state index in [1.165, 1.54) is 7.11 Å². The van der Waals surface area contributed by atoms with E-state index in [0.717, 1.165) is 55.4 Å². The lowest BCUT2D eigenvalue weighted by atomic mass is 9.95. The second-order valence-electron chi connectivity index (χ2n) is 8.17. The highest BCUT2D eigenvalue weighted by Gasteiger charge is 2.23. The maximum Gasteiger partial charge on any atom is 0.318 e. The maximum atomic E-state index is 16.1. The Morgan fingerprint density at radius 3 is 2.88 bits per heavy atom. The number of aromatic nitrogens is 3. The van der Waals surface area contributed by atoms with Gasteiger partial charge in [-0.25, -0.2) is 4.39 Å². The minimum atomic E-state index is -0.555. The molecule has 1 fully saturated rings. The molecule has 0 atom stereocenters. The van der Waals surface area contributed by atoms with Crippen molar-refractivity contribution < 1.29 is 14.2 Å². The summed E-state index contributed by atoms with van der Waals surface area (Å²) in [4.78, 5) is 15.5. The number of hydrogen-bond donors (Lipinski definition) is 2. The number of aromatic hydroxyl groups is 1. The van der Waals surface area contributed by atoms with Crippen LogP contribution in [0, 0.1) is 5.82 Å². The number of nitrogens with one attached hydrogen (secondary N) is 1. The van der Waals surface area contributed by atoms with Crippen LogP contribution in [0.25, 0.3) is 32.9 Å². The lowest BCUT2D eigenvalue weighted by Crippen LogP contribution is -2.29. The fraction of sp³-hybridized carbons (Fsp3) is 0.320. The van der Waals surface area contributed by atoms with Gasteiger partial charge in [-0.1, -0.05) is 25.1 Å². The molecule has 0 amide bonds. The van der Waals surface area contributed by atoms with Gasteiger partial charge in [0.2, 0.25) is 0 Å². The van der Waals surface area contributed by atoms with Crippen LogP contribution in [0.3, 0.4) is 0 Å². The number of benzene rings is 2. The molecule has 0 spiro atoms. The van der Waals surface area contributed by atoms with Gasteiger partial charge in [-0.15, -0.1) is 0 Å². The zero-order chi connectivity index (χ0) is 22.9. The molecule has 1 aliphatic heterocycles. The van der Waals surface area contributed by atoms with Crippen molar-refractivity contribution in [3.63, 3.8) is 0 Å². The number of rotatable bonds is 4. The molecule has 2 aromatic carbocycles. The van der Waals surface area contributed by atoms with Crippen molar-refractivity contribution >= 4 is 27.5 Å². The summed E-state index contributed by atoms with van der Waals surface area (Å²) >= 11 is 0. The van der Waals surface area contributed by atoms with E-state index in [4.69, 9.17) is 4.74 Å². The Kier molecular flexibility index (Phi) is 5.68. The third-order valence-electron chi connectivity index (χ3n) is 6.15. The first-order valence-electron chi connectivity index (χ1n) is 11.2. The van der Waals surface area contributed by atoms with Gasteiger partial charge in [-0.05, 0) is 47.9 Å².